The summed E-state index contributed by atoms with van der Waals surface area (Å²) in [5, 5.41) is 44.5. The fourth-order valence-electron chi connectivity index (χ4n) is 3.21. The van der Waals surface area contributed by atoms with Gasteiger partial charge in [-0.25, -0.2) is 4.79 Å². The molecule has 0 bridgehead atoms. The van der Waals surface area contributed by atoms with Crippen LogP contribution in [0, 0.1) is 0 Å². The first-order valence-corrected chi connectivity index (χ1v) is 12.8. The second-order valence-corrected chi connectivity index (χ2v) is 9.36. The number of carbonyl (C=O) groups excluding carboxylic acids is 3. The van der Waals surface area contributed by atoms with Gasteiger partial charge in [0.1, 0.15) is 23.9 Å². The van der Waals surface area contributed by atoms with E-state index in [1.165, 1.54) is 30.8 Å². The van der Waals surface area contributed by atoms with Gasteiger partial charge in [-0.1, -0.05) is 12.1 Å². The fraction of sp³-hybridized carbons (Fsp3) is 0.522. The Hall–Kier alpha value is -3.36. The number of aromatic hydroxyl groups is 1. The van der Waals surface area contributed by atoms with Crippen molar-refractivity contribution in [2.75, 3.05) is 12.0 Å². The van der Waals surface area contributed by atoms with Crippen molar-refractivity contribution in [1.29, 1.82) is 0 Å². The number of amides is 3. The Kier molecular flexibility index (Phi) is 13.4. The van der Waals surface area contributed by atoms with Crippen molar-refractivity contribution >= 4 is 41.4 Å². The monoisotopic (exact) mass is 542 g/mol. The van der Waals surface area contributed by atoms with Crippen LogP contribution in [0.5, 0.6) is 5.75 Å². The highest BCUT2D eigenvalue weighted by molar-refractivity contribution is 7.98. The number of phenolic OH excluding ortho intramolecular Hbond substituents is 1. The summed E-state index contributed by atoms with van der Waals surface area (Å²) in [6.07, 6.45) is -0.253. The lowest BCUT2D eigenvalue weighted by Gasteiger charge is -2.26. The largest absolute Gasteiger partial charge is 0.508 e. The van der Waals surface area contributed by atoms with Crippen LogP contribution in [0.3, 0.4) is 0 Å². The minimum Gasteiger partial charge on any atom is -0.508 e. The molecule has 14 heteroatoms. The minimum atomic E-state index is -1.57. The SMILES string of the molecule is CSCCC(NC(=O)C(N)Cc1ccc(O)cc1)C(=O)NC(C(=O)NC(CCC(=O)O)C(=O)O)C(C)O. The molecule has 0 heterocycles. The van der Waals surface area contributed by atoms with Gasteiger partial charge in [-0.15, -0.1) is 0 Å². The van der Waals surface area contributed by atoms with E-state index in [2.05, 4.69) is 16.0 Å². The molecule has 1 rings (SSSR count). The predicted octanol–water partition coefficient (Wildman–Crippen LogP) is -1.20. The first-order chi connectivity index (χ1) is 17.3. The van der Waals surface area contributed by atoms with Crippen LogP contribution in [-0.2, 0) is 30.4 Å². The smallest absolute Gasteiger partial charge is 0.326 e. The van der Waals surface area contributed by atoms with Crippen molar-refractivity contribution in [2.24, 2.45) is 5.73 Å². The maximum Gasteiger partial charge on any atom is 0.326 e. The number of benzene rings is 1. The van der Waals surface area contributed by atoms with E-state index in [0.29, 0.717) is 11.3 Å². The van der Waals surface area contributed by atoms with Crippen LogP contribution in [0.4, 0.5) is 0 Å². The second-order valence-electron chi connectivity index (χ2n) is 8.38. The van der Waals surface area contributed by atoms with Crippen LogP contribution >= 0.6 is 11.8 Å². The molecule has 0 spiro atoms. The third-order valence-electron chi connectivity index (χ3n) is 5.30. The third-order valence-corrected chi connectivity index (χ3v) is 5.94. The molecule has 5 atom stereocenters. The Bertz CT molecular complexity index is 943. The van der Waals surface area contributed by atoms with E-state index in [9.17, 15) is 39.3 Å². The van der Waals surface area contributed by atoms with Crippen LogP contribution in [0.1, 0.15) is 31.7 Å². The Labute approximate surface area is 218 Å². The molecule has 1 aromatic rings. The number of carbonyl (C=O) groups is 5. The van der Waals surface area contributed by atoms with Gasteiger partial charge >= 0.3 is 11.9 Å². The summed E-state index contributed by atoms with van der Waals surface area (Å²) < 4.78 is 0. The molecule has 1 aromatic carbocycles. The van der Waals surface area contributed by atoms with Gasteiger partial charge in [0.05, 0.1) is 12.1 Å². The van der Waals surface area contributed by atoms with Gasteiger partial charge in [0.15, 0.2) is 0 Å². The molecule has 0 saturated heterocycles. The maximum atomic E-state index is 13.0. The first-order valence-electron chi connectivity index (χ1n) is 11.4. The molecule has 13 nitrogen and oxygen atoms in total. The fourth-order valence-corrected chi connectivity index (χ4v) is 3.68. The van der Waals surface area contributed by atoms with Crippen LogP contribution in [0.2, 0.25) is 0 Å². The zero-order valence-electron chi connectivity index (χ0n) is 20.5. The molecule has 0 aliphatic rings. The summed E-state index contributed by atoms with van der Waals surface area (Å²) in [5.41, 5.74) is 6.67. The average molecular weight is 543 g/mol. The summed E-state index contributed by atoms with van der Waals surface area (Å²) >= 11 is 1.41. The first kappa shape index (κ1) is 31.7. The molecule has 0 aliphatic heterocycles. The van der Waals surface area contributed by atoms with Crippen LogP contribution in [0.25, 0.3) is 0 Å². The Morgan fingerprint density at radius 1 is 0.919 bits per heavy atom. The van der Waals surface area contributed by atoms with Gasteiger partial charge in [-0.2, -0.15) is 11.8 Å². The van der Waals surface area contributed by atoms with E-state index >= 15 is 0 Å². The summed E-state index contributed by atoms with van der Waals surface area (Å²) in [5.74, 6) is -4.66. The molecule has 0 aliphatic carbocycles. The van der Waals surface area contributed by atoms with Crippen molar-refractivity contribution in [3.8, 4) is 5.75 Å². The number of phenols is 1. The third kappa shape index (κ3) is 11.5. The van der Waals surface area contributed by atoms with Gasteiger partial charge in [0, 0.05) is 6.42 Å². The molecular formula is C23H34N4O9S. The standard InChI is InChI=1S/C23H34N4O9S/c1-12(28)19(22(34)26-17(23(35)36)7-8-18(30)31)27-21(33)16(9-10-37-2)25-20(32)15(24)11-13-3-5-14(29)6-4-13/h3-6,12,15-17,19,28-29H,7-11,24H2,1-2H3,(H,25,32)(H,26,34)(H,27,33)(H,30,31)(H,35,36). The van der Waals surface area contributed by atoms with Crippen molar-refractivity contribution < 1.29 is 44.4 Å². The van der Waals surface area contributed by atoms with Gasteiger partial charge in [-0.05, 0) is 55.9 Å². The van der Waals surface area contributed by atoms with Crippen molar-refractivity contribution in [3.05, 3.63) is 29.8 Å². The lowest BCUT2D eigenvalue weighted by Crippen LogP contribution is -2.60. The Balaban J connectivity index is 2.90. The van der Waals surface area contributed by atoms with Gasteiger partial charge in [0.25, 0.3) is 0 Å². The van der Waals surface area contributed by atoms with E-state index in [1.807, 2.05) is 0 Å². The van der Waals surface area contributed by atoms with Gasteiger partial charge < -0.3 is 42.1 Å². The normalized spacial score (nSPS) is 14.9. The molecule has 0 fully saturated rings. The molecular weight excluding hydrogens is 508 g/mol. The molecule has 0 aromatic heterocycles. The number of aliphatic hydroxyl groups excluding tert-OH is 1. The highest BCUT2D eigenvalue weighted by Crippen LogP contribution is 2.11. The van der Waals surface area contributed by atoms with Crippen LogP contribution in [0.15, 0.2) is 24.3 Å². The highest BCUT2D eigenvalue weighted by atomic mass is 32.2. The van der Waals surface area contributed by atoms with Crippen LogP contribution < -0.4 is 21.7 Å². The van der Waals surface area contributed by atoms with Crippen molar-refractivity contribution in [3.63, 3.8) is 0 Å². The molecule has 37 heavy (non-hydrogen) atoms. The summed E-state index contributed by atoms with van der Waals surface area (Å²) in [6, 6.07) is 0.863. The number of carboxylic acid groups (broad SMARTS) is 2. The van der Waals surface area contributed by atoms with Gasteiger partial charge in [-0.3, -0.25) is 19.2 Å². The van der Waals surface area contributed by atoms with Crippen LogP contribution in [-0.4, -0.2) is 92.4 Å². The predicted molar refractivity (Wildman–Crippen MR) is 135 cm³/mol. The number of nitrogens with one attached hydrogen (secondary N) is 3. The van der Waals surface area contributed by atoms with E-state index < -0.39 is 72.8 Å². The summed E-state index contributed by atoms with van der Waals surface area (Å²) in [6.45, 7) is 1.21. The minimum absolute atomic E-state index is 0.0591. The summed E-state index contributed by atoms with van der Waals surface area (Å²) in [7, 11) is 0. The number of nitrogens with two attached hydrogens (primary N) is 1. The number of rotatable bonds is 16. The number of carboxylic acids is 2. The quantitative estimate of drug-likeness (QED) is 0.124. The van der Waals surface area contributed by atoms with Gasteiger partial charge in [0.2, 0.25) is 17.7 Å². The van der Waals surface area contributed by atoms with E-state index in [1.54, 1.807) is 18.4 Å². The summed E-state index contributed by atoms with van der Waals surface area (Å²) in [4.78, 5) is 60.4. The molecule has 9 N–H and O–H groups in total. The lowest BCUT2D eigenvalue weighted by atomic mass is 10.0. The zero-order valence-corrected chi connectivity index (χ0v) is 21.4. The number of hydrogen-bond donors (Lipinski definition) is 8. The van der Waals surface area contributed by atoms with E-state index in [-0.39, 0.29) is 18.6 Å². The van der Waals surface area contributed by atoms with E-state index in [0.717, 1.165) is 0 Å². The second kappa shape index (κ2) is 15.7. The molecule has 5 unspecified atom stereocenters. The highest BCUT2D eigenvalue weighted by Gasteiger charge is 2.32. The number of hydrogen-bond acceptors (Lipinski definition) is 9. The number of aliphatic hydroxyl groups is 1. The maximum absolute atomic E-state index is 13.0. The molecule has 3 amide bonds. The Morgan fingerprint density at radius 2 is 1.51 bits per heavy atom. The number of thioether (sulfide) groups is 1. The topological polar surface area (TPSA) is 228 Å². The molecule has 0 saturated carbocycles. The van der Waals surface area contributed by atoms with Crippen molar-refractivity contribution in [2.45, 2.75) is 62.9 Å². The van der Waals surface area contributed by atoms with Crippen molar-refractivity contribution in [1.82, 2.24) is 16.0 Å². The lowest BCUT2D eigenvalue weighted by molar-refractivity contribution is -0.144. The molecule has 0 radical (unpaired) electrons. The van der Waals surface area contributed by atoms with E-state index in [4.69, 9.17) is 10.8 Å². The zero-order chi connectivity index (χ0) is 28.1. The molecule has 206 valence electrons. The Morgan fingerprint density at radius 3 is 2.03 bits per heavy atom. The number of aliphatic carboxylic acids is 2. The average Bonchev–Trinajstić information content (AvgIpc) is 2.83.